The Balaban J connectivity index is 0.000000287. The zero-order valence-corrected chi connectivity index (χ0v) is 25.8. The molecular weight excluding hydrogens is 516 g/mol. The number of ether oxygens (including phenoxy) is 2. The molecule has 6 nitrogen and oxygen atoms in total. The molecule has 2 aromatic carbocycles. The van der Waals surface area contributed by atoms with Crippen LogP contribution in [0.25, 0.3) is 6.08 Å². The Bertz CT molecular complexity index is 1100. The average molecular weight is 567 g/mol. The summed E-state index contributed by atoms with van der Waals surface area (Å²) in [5.41, 5.74) is 1.65. The number of aliphatic carboxylic acids is 1. The number of methoxy groups -OCH3 is 1. The van der Waals surface area contributed by atoms with E-state index in [4.69, 9.17) is 9.47 Å². The molecule has 1 fully saturated rings. The number of carboxylic acids is 1. The zero-order chi connectivity index (χ0) is 30.4. The highest BCUT2D eigenvalue weighted by Gasteiger charge is 2.34. The molecule has 1 aliphatic carbocycles. The van der Waals surface area contributed by atoms with Crippen LogP contribution in [0.2, 0.25) is 0 Å². The van der Waals surface area contributed by atoms with Crippen LogP contribution in [0.1, 0.15) is 102 Å². The topological polar surface area (TPSA) is 93.1 Å². The van der Waals surface area contributed by atoms with Gasteiger partial charge in [-0.1, -0.05) is 91.0 Å². The van der Waals surface area contributed by atoms with Gasteiger partial charge in [0.2, 0.25) is 0 Å². The van der Waals surface area contributed by atoms with Crippen molar-refractivity contribution >= 4 is 18.0 Å². The maximum Gasteiger partial charge on any atom is 0.342 e. The predicted molar refractivity (Wildman–Crippen MR) is 165 cm³/mol. The molecule has 41 heavy (non-hydrogen) atoms. The molecule has 6 heteroatoms. The standard InChI is InChI=1S/C18H26O3.C17H24O3/c1-4-6-7-14(5-2)12-16(18(19)20)13-15-8-10-17(21-3)11-9-15;1-11(2)13-9-8-12(3)10-16(13)20-17(19)14-6-4-5-7-15(14)18/h8-11,13-14H,4-7,12H2,1-3H3,(H,19,20);4-7,11-13,16,18H,8-10H2,1-3H3. The van der Waals surface area contributed by atoms with Gasteiger partial charge in [-0.05, 0) is 78.8 Å². The minimum atomic E-state index is -0.819. The van der Waals surface area contributed by atoms with Crippen LogP contribution in [0, 0.1) is 23.7 Å². The number of carboxylic acid groups (broad SMARTS) is 1. The number of aromatic hydroxyl groups is 1. The molecule has 0 spiro atoms. The molecule has 3 rings (SSSR count). The number of unbranched alkanes of at least 4 members (excludes halogenated alkanes) is 1. The summed E-state index contributed by atoms with van der Waals surface area (Å²) < 4.78 is 10.8. The van der Waals surface area contributed by atoms with E-state index in [0.717, 1.165) is 49.8 Å². The smallest absolute Gasteiger partial charge is 0.342 e. The molecule has 4 unspecified atom stereocenters. The van der Waals surface area contributed by atoms with E-state index in [-0.39, 0.29) is 17.4 Å². The Morgan fingerprint density at radius 2 is 1.73 bits per heavy atom. The van der Waals surface area contributed by atoms with Crippen molar-refractivity contribution < 1.29 is 29.3 Å². The number of benzene rings is 2. The molecule has 0 aliphatic heterocycles. The Kier molecular flexibility index (Phi) is 14.5. The third-order valence-corrected chi connectivity index (χ3v) is 8.13. The SMILES string of the molecule is CC1CCC(C(C)C)C(OC(=O)c2ccccc2O)C1.CCCCC(CC)CC(=Cc1ccc(OC)cc1)C(=O)O. The van der Waals surface area contributed by atoms with Crippen molar-refractivity contribution in [2.24, 2.45) is 23.7 Å². The van der Waals surface area contributed by atoms with Gasteiger partial charge in [-0.3, -0.25) is 0 Å². The Morgan fingerprint density at radius 3 is 2.29 bits per heavy atom. The number of para-hydroxylation sites is 1. The van der Waals surface area contributed by atoms with Crippen molar-refractivity contribution in [3.05, 3.63) is 65.2 Å². The lowest BCUT2D eigenvalue weighted by Crippen LogP contribution is -2.35. The molecule has 2 aromatic rings. The minimum Gasteiger partial charge on any atom is -0.507 e. The predicted octanol–water partition coefficient (Wildman–Crippen LogP) is 8.78. The fourth-order valence-electron chi connectivity index (χ4n) is 5.46. The summed E-state index contributed by atoms with van der Waals surface area (Å²) in [6.07, 6.45) is 10.0. The van der Waals surface area contributed by atoms with Crippen LogP contribution in [-0.4, -0.2) is 35.4 Å². The number of carbonyl (C=O) groups is 2. The van der Waals surface area contributed by atoms with Gasteiger partial charge < -0.3 is 19.7 Å². The van der Waals surface area contributed by atoms with E-state index >= 15 is 0 Å². The quantitative estimate of drug-likeness (QED) is 0.197. The van der Waals surface area contributed by atoms with E-state index in [0.29, 0.717) is 35.7 Å². The highest BCUT2D eigenvalue weighted by atomic mass is 16.5. The van der Waals surface area contributed by atoms with Gasteiger partial charge in [-0.15, -0.1) is 0 Å². The molecular formula is C35H50O6. The number of hydrogen-bond acceptors (Lipinski definition) is 5. The summed E-state index contributed by atoms with van der Waals surface area (Å²) in [6.45, 7) is 10.9. The molecule has 0 bridgehead atoms. The molecule has 0 aromatic heterocycles. The summed E-state index contributed by atoms with van der Waals surface area (Å²) in [5.74, 6) is 1.50. The van der Waals surface area contributed by atoms with Crippen LogP contribution in [0.15, 0.2) is 54.1 Å². The van der Waals surface area contributed by atoms with Crippen molar-refractivity contribution in [1.29, 1.82) is 0 Å². The van der Waals surface area contributed by atoms with Crippen molar-refractivity contribution in [1.82, 2.24) is 0 Å². The lowest BCUT2D eigenvalue weighted by molar-refractivity contribution is -0.132. The summed E-state index contributed by atoms with van der Waals surface area (Å²) in [4.78, 5) is 23.7. The van der Waals surface area contributed by atoms with Gasteiger partial charge in [0.1, 0.15) is 23.2 Å². The van der Waals surface area contributed by atoms with Gasteiger partial charge >= 0.3 is 11.9 Å². The minimum absolute atomic E-state index is 0.0116. The number of hydrogen-bond donors (Lipinski definition) is 2. The summed E-state index contributed by atoms with van der Waals surface area (Å²) in [6, 6.07) is 14.0. The second kappa shape index (κ2) is 17.5. The van der Waals surface area contributed by atoms with Crippen molar-refractivity contribution in [2.75, 3.05) is 7.11 Å². The Labute approximate surface area is 246 Å². The van der Waals surface area contributed by atoms with Gasteiger partial charge in [0.05, 0.1) is 7.11 Å². The van der Waals surface area contributed by atoms with Crippen LogP contribution in [0.4, 0.5) is 0 Å². The number of rotatable bonds is 12. The fraction of sp³-hybridized carbons (Fsp3) is 0.543. The third-order valence-electron chi connectivity index (χ3n) is 8.13. The molecule has 0 radical (unpaired) electrons. The van der Waals surface area contributed by atoms with E-state index in [1.54, 1.807) is 31.4 Å². The van der Waals surface area contributed by atoms with E-state index in [1.165, 1.54) is 12.5 Å². The molecule has 226 valence electrons. The van der Waals surface area contributed by atoms with Crippen LogP contribution in [-0.2, 0) is 9.53 Å². The average Bonchev–Trinajstić information content (AvgIpc) is 2.95. The molecule has 0 heterocycles. The van der Waals surface area contributed by atoms with Crippen molar-refractivity contribution in [3.8, 4) is 11.5 Å². The van der Waals surface area contributed by atoms with Gasteiger partial charge in [-0.25, -0.2) is 9.59 Å². The maximum absolute atomic E-state index is 12.2. The highest BCUT2D eigenvalue weighted by Crippen LogP contribution is 2.36. The summed E-state index contributed by atoms with van der Waals surface area (Å²) in [5, 5.41) is 19.1. The Hall–Kier alpha value is -3.28. The molecule has 1 aliphatic rings. The second-order valence-corrected chi connectivity index (χ2v) is 11.7. The normalized spacial score (nSPS) is 19.6. The number of phenols is 1. The van der Waals surface area contributed by atoms with Crippen LogP contribution >= 0.6 is 0 Å². The Morgan fingerprint density at radius 1 is 1.05 bits per heavy atom. The van der Waals surface area contributed by atoms with Crippen molar-refractivity contribution in [3.63, 3.8) is 0 Å². The molecule has 2 N–H and O–H groups in total. The van der Waals surface area contributed by atoms with E-state index in [2.05, 4.69) is 34.6 Å². The summed E-state index contributed by atoms with van der Waals surface area (Å²) in [7, 11) is 1.62. The first-order valence-corrected chi connectivity index (χ1v) is 15.2. The van der Waals surface area contributed by atoms with E-state index in [1.807, 2.05) is 24.3 Å². The number of esters is 1. The second-order valence-electron chi connectivity index (χ2n) is 11.7. The lowest BCUT2D eigenvalue weighted by Gasteiger charge is -2.36. The van der Waals surface area contributed by atoms with Gasteiger partial charge in [0.25, 0.3) is 0 Å². The first-order chi connectivity index (χ1) is 19.6. The number of phenolic OH excluding ortho intramolecular Hbond substituents is 1. The lowest BCUT2D eigenvalue weighted by atomic mass is 9.75. The highest BCUT2D eigenvalue weighted by molar-refractivity contribution is 5.92. The van der Waals surface area contributed by atoms with Crippen LogP contribution < -0.4 is 4.74 Å². The molecule has 0 amide bonds. The monoisotopic (exact) mass is 566 g/mol. The van der Waals surface area contributed by atoms with Gasteiger partial charge in [0, 0.05) is 5.57 Å². The fourth-order valence-corrected chi connectivity index (χ4v) is 5.46. The van der Waals surface area contributed by atoms with E-state index in [9.17, 15) is 19.8 Å². The van der Waals surface area contributed by atoms with Crippen LogP contribution in [0.3, 0.4) is 0 Å². The van der Waals surface area contributed by atoms with Gasteiger partial charge in [-0.2, -0.15) is 0 Å². The molecule has 4 atom stereocenters. The largest absolute Gasteiger partial charge is 0.507 e. The van der Waals surface area contributed by atoms with Crippen LogP contribution in [0.5, 0.6) is 11.5 Å². The first kappa shape index (κ1) is 33.9. The zero-order valence-electron chi connectivity index (χ0n) is 25.8. The van der Waals surface area contributed by atoms with Gasteiger partial charge in [0.15, 0.2) is 0 Å². The maximum atomic E-state index is 12.2. The number of carbonyl (C=O) groups excluding carboxylic acids is 1. The third kappa shape index (κ3) is 11.3. The first-order valence-electron chi connectivity index (χ1n) is 15.2. The molecule has 1 saturated carbocycles. The van der Waals surface area contributed by atoms with E-state index < -0.39 is 11.9 Å². The molecule has 0 saturated heterocycles. The summed E-state index contributed by atoms with van der Waals surface area (Å²) >= 11 is 0. The van der Waals surface area contributed by atoms with Crippen molar-refractivity contribution in [2.45, 2.75) is 92.1 Å².